The molecule has 4 aliphatic heterocycles. The Morgan fingerprint density at radius 2 is 2.08 bits per heavy atom. The molecule has 1 spiro atoms. The monoisotopic (exact) mass is 526 g/mol. The van der Waals surface area contributed by atoms with Gasteiger partial charge in [-0.3, -0.25) is 0 Å². The molecule has 2 unspecified atom stereocenters. The number of methoxy groups -OCH3 is 1. The molecule has 3 N–H and O–H groups in total. The summed E-state index contributed by atoms with van der Waals surface area (Å²) in [5.74, 6) is 2.67. The molecule has 2 aromatic rings. The molecule has 0 amide bonds. The van der Waals surface area contributed by atoms with Crippen LogP contribution < -0.4 is 20.3 Å². The van der Waals surface area contributed by atoms with E-state index in [9.17, 15) is 5.11 Å². The molecule has 6 rings (SSSR count). The molecule has 11 nitrogen and oxygen atoms in total. The molecule has 0 saturated carbocycles. The number of rotatable bonds is 7. The number of aromatic nitrogens is 3. The predicted molar refractivity (Wildman–Crippen MR) is 141 cm³/mol. The first kappa shape index (κ1) is 25.7. The minimum atomic E-state index is -0.192. The Morgan fingerprint density at radius 1 is 1.24 bits per heavy atom. The highest BCUT2D eigenvalue weighted by atomic mass is 16.7. The van der Waals surface area contributed by atoms with Crippen molar-refractivity contribution in [2.24, 2.45) is 17.1 Å². The maximum atomic E-state index is 10.2. The van der Waals surface area contributed by atoms with Gasteiger partial charge in [-0.15, -0.1) is 0 Å². The Bertz CT molecular complexity index is 1140. The van der Waals surface area contributed by atoms with E-state index < -0.39 is 0 Å². The van der Waals surface area contributed by atoms with E-state index in [4.69, 9.17) is 34.6 Å². The van der Waals surface area contributed by atoms with Crippen LogP contribution in [0.4, 0.5) is 11.6 Å². The number of aliphatic hydroxyl groups excluding tert-OH is 1. The Morgan fingerprint density at radius 3 is 2.82 bits per heavy atom. The summed E-state index contributed by atoms with van der Waals surface area (Å²) >= 11 is 0. The number of fused-ring (bicyclic) bond motifs is 3. The number of nitrogens with zero attached hydrogens (tertiary/aromatic N) is 5. The molecule has 38 heavy (non-hydrogen) atoms. The molecule has 0 bridgehead atoms. The zero-order chi connectivity index (χ0) is 26.3. The summed E-state index contributed by atoms with van der Waals surface area (Å²) in [5, 5.41) is 10.2. The van der Waals surface area contributed by atoms with Gasteiger partial charge in [0, 0.05) is 55.9 Å². The standard InChI is InChI=1S/C27H38N6O5/c1-17-24(28)27(15-38-17)4-7-32(8-5-27)25-22(12-34)31-21(10-30-25)20-3-6-29-26-23(20)37-14-19-9-18(11-33(19)26)13-36-16-35-2/h3,6,10,17-19,24,34H,4-5,7-9,11-16,28H2,1-2H3/t17-,18?,19?,24+/m0/s1. The van der Waals surface area contributed by atoms with Gasteiger partial charge in [-0.1, -0.05) is 0 Å². The maximum absolute atomic E-state index is 10.2. The SMILES string of the molecule is COCOCC1CC2COc3c(-c4cnc(N5CCC6(CC5)CO[C@@H](C)[C@H]6N)c(CO)n4)ccnc3N2C1. The smallest absolute Gasteiger partial charge is 0.172 e. The number of ether oxygens (including phenoxy) is 4. The highest BCUT2D eigenvalue weighted by Crippen LogP contribution is 2.44. The molecule has 0 aromatic carbocycles. The highest BCUT2D eigenvalue weighted by Gasteiger charge is 2.48. The van der Waals surface area contributed by atoms with Gasteiger partial charge in [0.15, 0.2) is 17.4 Å². The van der Waals surface area contributed by atoms with Crippen LogP contribution in [0.3, 0.4) is 0 Å². The molecular weight excluding hydrogens is 488 g/mol. The third-order valence-corrected chi connectivity index (χ3v) is 8.79. The highest BCUT2D eigenvalue weighted by molar-refractivity contribution is 5.75. The average molecular weight is 527 g/mol. The van der Waals surface area contributed by atoms with E-state index in [0.717, 1.165) is 61.8 Å². The maximum Gasteiger partial charge on any atom is 0.172 e. The average Bonchev–Trinajstić information content (AvgIpc) is 3.50. The van der Waals surface area contributed by atoms with Crippen LogP contribution in [-0.2, 0) is 20.8 Å². The second-order valence-electron chi connectivity index (χ2n) is 11.1. The number of anilines is 2. The van der Waals surface area contributed by atoms with E-state index in [-0.39, 0.29) is 30.2 Å². The van der Waals surface area contributed by atoms with Crippen LogP contribution in [-0.4, -0.2) is 91.6 Å². The van der Waals surface area contributed by atoms with Gasteiger partial charge in [0.25, 0.3) is 0 Å². The number of piperidine rings is 1. The zero-order valence-corrected chi connectivity index (χ0v) is 22.2. The van der Waals surface area contributed by atoms with Crippen LogP contribution in [0.1, 0.15) is 31.9 Å². The zero-order valence-electron chi connectivity index (χ0n) is 22.2. The van der Waals surface area contributed by atoms with Gasteiger partial charge < -0.3 is 39.6 Å². The second-order valence-corrected chi connectivity index (χ2v) is 11.1. The van der Waals surface area contributed by atoms with E-state index in [1.165, 1.54) is 0 Å². The lowest BCUT2D eigenvalue weighted by atomic mass is 9.73. The van der Waals surface area contributed by atoms with Crippen molar-refractivity contribution < 1.29 is 24.1 Å². The van der Waals surface area contributed by atoms with Gasteiger partial charge in [0.1, 0.15) is 19.1 Å². The molecule has 4 atom stereocenters. The Labute approximate surface area is 223 Å². The van der Waals surface area contributed by atoms with Gasteiger partial charge in [0.2, 0.25) is 0 Å². The normalized spacial score (nSPS) is 27.9. The summed E-state index contributed by atoms with van der Waals surface area (Å²) in [7, 11) is 1.63. The lowest BCUT2D eigenvalue weighted by molar-refractivity contribution is -0.0414. The van der Waals surface area contributed by atoms with Gasteiger partial charge in [-0.2, -0.15) is 0 Å². The van der Waals surface area contributed by atoms with Gasteiger partial charge in [0.05, 0.1) is 43.9 Å². The van der Waals surface area contributed by atoms with Crippen molar-refractivity contribution in [3.8, 4) is 17.0 Å². The molecule has 0 radical (unpaired) electrons. The predicted octanol–water partition coefficient (Wildman–Crippen LogP) is 1.57. The van der Waals surface area contributed by atoms with E-state index in [1.54, 1.807) is 19.5 Å². The van der Waals surface area contributed by atoms with Crippen molar-refractivity contribution in [1.82, 2.24) is 15.0 Å². The topological polar surface area (TPSA) is 128 Å². The molecule has 11 heteroatoms. The summed E-state index contributed by atoms with van der Waals surface area (Å²) in [6.07, 6.45) is 6.53. The second kappa shape index (κ2) is 10.5. The Balaban J connectivity index is 1.21. The largest absolute Gasteiger partial charge is 0.487 e. The van der Waals surface area contributed by atoms with Crippen LogP contribution in [0.2, 0.25) is 0 Å². The molecule has 2 aromatic heterocycles. The number of pyridine rings is 1. The summed E-state index contributed by atoms with van der Waals surface area (Å²) in [5.41, 5.74) is 8.59. The van der Waals surface area contributed by atoms with Gasteiger partial charge in [-0.25, -0.2) is 15.0 Å². The molecule has 206 valence electrons. The fourth-order valence-electron chi connectivity index (χ4n) is 6.57. The van der Waals surface area contributed by atoms with Crippen LogP contribution >= 0.6 is 0 Å². The number of aliphatic hydroxyl groups is 1. The first-order valence-corrected chi connectivity index (χ1v) is 13.6. The van der Waals surface area contributed by atoms with E-state index in [2.05, 4.69) is 21.7 Å². The summed E-state index contributed by atoms with van der Waals surface area (Å²) in [6.45, 7) is 6.60. The molecular formula is C27H38N6O5. The van der Waals surface area contributed by atoms with Gasteiger partial charge >= 0.3 is 0 Å². The number of nitrogens with two attached hydrogens (primary N) is 1. The quantitative estimate of drug-likeness (QED) is 0.403. The molecule has 4 aliphatic rings. The van der Waals surface area contributed by atoms with Crippen molar-refractivity contribution in [3.63, 3.8) is 0 Å². The van der Waals surface area contributed by atoms with Crippen molar-refractivity contribution in [3.05, 3.63) is 24.2 Å². The van der Waals surface area contributed by atoms with Gasteiger partial charge in [-0.05, 0) is 32.3 Å². The van der Waals surface area contributed by atoms with Crippen molar-refractivity contribution in [2.45, 2.75) is 51.0 Å². The summed E-state index contributed by atoms with van der Waals surface area (Å²) in [4.78, 5) is 18.8. The minimum absolute atomic E-state index is 0.0262. The first-order valence-electron chi connectivity index (χ1n) is 13.6. The minimum Gasteiger partial charge on any atom is -0.487 e. The van der Waals surface area contributed by atoms with Crippen LogP contribution in [0.5, 0.6) is 5.75 Å². The third kappa shape index (κ3) is 4.50. The van der Waals surface area contributed by atoms with E-state index in [0.29, 0.717) is 43.9 Å². The van der Waals surface area contributed by atoms with Crippen LogP contribution in [0.25, 0.3) is 11.3 Å². The lowest BCUT2D eigenvalue weighted by Gasteiger charge is -2.41. The van der Waals surface area contributed by atoms with Crippen LogP contribution in [0, 0.1) is 11.3 Å². The molecule has 0 aliphatic carbocycles. The van der Waals surface area contributed by atoms with Crippen molar-refractivity contribution in [1.29, 1.82) is 0 Å². The number of hydrogen-bond donors (Lipinski definition) is 2. The fourth-order valence-corrected chi connectivity index (χ4v) is 6.57. The van der Waals surface area contributed by atoms with Crippen LogP contribution in [0.15, 0.2) is 18.5 Å². The van der Waals surface area contributed by atoms with E-state index in [1.807, 2.05) is 6.07 Å². The van der Waals surface area contributed by atoms with Crippen molar-refractivity contribution >= 4 is 11.6 Å². The summed E-state index contributed by atoms with van der Waals surface area (Å²) in [6, 6.07) is 2.23. The van der Waals surface area contributed by atoms with E-state index >= 15 is 0 Å². The third-order valence-electron chi connectivity index (χ3n) is 8.79. The molecule has 6 heterocycles. The Kier molecular flexibility index (Phi) is 7.12. The van der Waals surface area contributed by atoms with Crippen molar-refractivity contribution in [2.75, 3.05) is 63.2 Å². The molecule has 3 fully saturated rings. The first-order chi connectivity index (χ1) is 18.5. The molecule has 3 saturated heterocycles. The Hall–Kier alpha value is -2.57. The number of hydrogen-bond acceptors (Lipinski definition) is 11. The lowest BCUT2D eigenvalue weighted by Crippen LogP contribution is -2.51. The fraction of sp³-hybridized carbons (Fsp3) is 0.667. The summed E-state index contributed by atoms with van der Waals surface area (Å²) < 4.78 is 22.7.